The van der Waals surface area contributed by atoms with Crippen LogP contribution < -0.4 is 10.6 Å². The van der Waals surface area contributed by atoms with Crippen LogP contribution in [0, 0.1) is 0 Å². The second-order valence-electron chi connectivity index (χ2n) is 4.44. The zero-order valence-corrected chi connectivity index (χ0v) is 11.0. The van der Waals surface area contributed by atoms with Crippen LogP contribution >= 0.6 is 0 Å². The van der Waals surface area contributed by atoms with E-state index in [1.165, 1.54) is 0 Å². The number of ether oxygens (including phenoxy) is 1. The number of hydrogen-bond donors (Lipinski definition) is 3. The predicted molar refractivity (Wildman–Crippen MR) is 65.6 cm³/mol. The van der Waals surface area contributed by atoms with Crippen molar-refractivity contribution in [2.24, 2.45) is 0 Å². The van der Waals surface area contributed by atoms with Gasteiger partial charge in [-0.15, -0.1) is 0 Å². The number of amides is 3. The van der Waals surface area contributed by atoms with Gasteiger partial charge in [0.05, 0.1) is 12.7 Å². The molecule has 0 saturated carbocycles. The van der Waals surface area contributed by atoms with E-state index >= 15 is 0 Å². The molecule has 1 aliphatic rings. The monoisotopic (exact) mass is 273 g/mol. The molecule has 0 aromatic rings. The van der Waals surface area contributed by atoms with Crippen molar-refractivity contribution in [2.45, 2.75) is 26.0 Å². The molecular formula is C11H19N3O5. The molecule has 0 radical (unpaired) electrons. The number of nitrogens with zero attached hydrogens (tertiary/aromatic N) is 1. The van der Waals surface area contributed by atoms with Gasteiger partial charge in [-0.25, -0.2) is 9.59 Å². The van der Waals surface area contributed by atoms with Crippen LogP contribution in [0.15, 0.2) is 0 Å². The highest BCUT2D eigenvalue weighted by Crippen LogP contribution is 2.04. The molecule has 0 aromatic carbocycles. The van der Waals surface area contributed by atoms with Gasteiger partial charge in [-0.3, -0.25) is 9.69 Å². The number of nitrogens with one attached hydrogen (secondary N) is 2. The normalized spacial score (nSPS) is 19.2. The fourth-order valence-electron chi connectivity index (χ4n) is 1.63. The van der Waals surface area contributed by atoms with Crippen LogP contribution in [-0.2, 0) is 14.3 Å². The first kappa shape index (κ1) is 15.2. The molecule has 3 N–H and O–H groups in total. The fourth-order valence-corrected chi connectivity index (χ4v) is 1.63. The van der Waals surface area contributed by atoms with Crippen molar-refractivity contribution in [3.8, 4) is 0 Å². The predicted octanol–water partition coefficient (Wildman–Crippen LogP) is -0.994. The number of urea groups is 1. The van der Waals surface area contributed by atoms with Gasteiger partial charge in [0.1, 0.15) is 12.6 Å². The first-order chi connectivity index (χ1) is 8.91. The molecule has 1 rings (SSSR count). The fraction of sp³-hybridized carbons (Fsp3) is 0.727. The quantitative estimate of drug-likeness (QED) is 0.557. The van der Waals surface area contributed by atoms with Crippen LogP contribution in [0.5, 0.6) is 0 Å². The molecule has 19 heavy (non-hydrogen) atoms. The van der Waals surface area contributed by atoms with Gasteiger partial charge in [0, 0.05) is 13.1 Å². The Morgan fingerprint density at radius 1 is 1.58 bits per heavy atom. The molecular weight excluding hydrogens is 254 g/mol. The molecule has 8 nitrogen and oxygen atoms in total. The highest BCUT2D eigenvalue weighted by atomic mass is 16.5. The Hall–Kier alpha value is -1.83. The SMILES string of the molecule is CC(C)OCCNC(=O)N1CC(=O)NCC1C(=O)O. The number of carbonyl (C=O) groups excluding carboxylic acids is 2. The zero-order chi connectivity index (χ0) is 14.4. The van der Waals surface area contributed by atoms with Crippen molar-refractivity contribution < 1.29 is 24.2 Å². The van der Waals surface area contributed by atoms with Crippen molar-refractivity contribution in [1.29, 1.82) is 0 Å². The van der Waals surface area contributed by atoms with Crippen molar-refractivity contribution in [3.63, 3.8) is 0 Å². The summed E-state index contributed by atoms with van der Waals surface area (Å²) in [4.78, 5) is 35.0. The van der Waals surface area contributed by atoms with Crippen molar-refractivity contribution in [3.05, 3.63) is 0 Å². The molecule has 8 heteroatoms. The van der Waals surface area contributed by atoms with Crippen LogP contribution in [0.2, 0.25) is 0 Å². The van der Waals surface area contributed by atoms with E-state index < -0.39 is 18.0 Å². The van der Waals surface area contributed by atoms with E-state index in [9.17, 15) is 14.4 Å². The number of carboxylic acids is 1. The van der Waals surface area contributed by atoms with Gasteiger partial charge in [0.2, 0.25) is 5.91 Å². The molecule has 3 amide bonds. The van der Waals surface area contributed by atoms with Crippen molar-refractivity contribution in [1.82, 2.24) is 15.5 Å². The van der Waals surface area contributed by atoms with Gasteiger partial charge in [-0.1, -0.05) is 0 Å². The van der Waals surface area contributed by atoms with Gasteiger partial charge >= 0.3 is 12.0 Å². The average Bonchev–Trinajstić information content (AvgIpc) is 2.33. The topological polar surface area (TPSA) is 108 Å². The van der Waals surface area contributed by atoms with Crippen LogP contribution in [0.1, 0.15) is 13.8 Å². The number of hydrogen-bond acceptors (Lipinski definition) is 4. The number of rotatable bonds is 5. The van der Waals surface area contributed by atoms with Gasteiger partial charge in [-0.2, -0.15) is 0 Å². The summed E-state index contributed by atoms with van der Waals surface area (Å²) in [6, 6.07) is -1.61. The lowest BCUT2D eigenvalue weighted by Crippen LogP contribution is -2.61. The third-order valence-corrected chi connectivity index (χ3v) is 2.56. The summed E-state index contributed by atoms with van der Waals surface area (Å²) >= 11 is 0. The van der Waals surface area contributed by atoms with Gasteiger partial charge in [-0.05, 0) is 13.8 Å². The molecule has 0 aliphatic carbocycles. The van der Waals surface area contributed by atoms with Gasteiger partial charge < -0.3 is 20.5 Å². The van der Waals surface area contributed by atoms with Crippen LogP contribution in [0.25, 0.3) is 0 Å². The summed E-state index contributed by atoms with van der Waals surface area (Å²) in [5.74, 6) is -1.51. The number of aliphatic carboxylic acids is 1. The minimum Gasteiger partial charge on any atom is -0.480 e. The zero-order valence-electron chi connectivity index (χ0n) is 11.0. The maximum absolute atomic E-state index is 11.8. The summed E-state index contributed by atoms with van der Waals surface area (Å²) in [5, 5.41) is 13.9. The maximum Gasteiger partial charge on any atom is 0.328 e. The Balaban J connectivity index is 2.47. The second kappa shape index (κ2) is 6.93. The molecule has 1 fully saturated rings. The van der Waals surface area contributed by atoms with Crippen LogP contribution in [-0.4, -0.2) is 66.3 Å². The Morgan fingerprint density at radius 3 is 2.84 bits per heavy atom. The van der Waals surface area contributed by atoms with E-state index in [1.54, 1.807) is 0 Å². The Bertz CT molecular complexity index is 358. The first-order valence-corrected chi connectivity index (χ1v) is 6.07. The van der Waals surface area contributed by atoms with Gasteiger partial charge in [0.15, 0.2) is 0 Å². The molecule has 1 aliphatic heterocycles. The summed E-state index contributed by atoms with van der Waals surface area (Å²) in [6.07, 6.45) is 0.0597. The molecule has 0 spiro atoms. The van der Waals surface area contributed by atoms with E-state index in [4.69, 9.17) is 9.84 Å². The van der Waals surface area contributed by atoms with E-state index in [1.807, 2.05) is 13.8 Å². The molecule has 1 saturated heterocycles. The number of carboxylic acid groups (broad SMARTS) is 1. The molecule has 1 unspecified atom stereocenters. The van der Waals surface area contributed by atoms with E-state index in [-0.39, 0.29) is 31.6 Å². The highest BCUT2D eigenvalue weighted by Gasteiger charge is 2.34. The maximum atomic E-state index is 11.8. The molecule has 0 aromatic heterocycles. The number of carbonyl (C=O) groups is 3. The second-order valence-corrected chi connectivity index (χ2v) is 4.44. The summed E-state index contributed by atoms with van der Waals surface area (Å²) in [6.45, 7) is 4.01. The van der Waals surface area contributed by atoms with E-state index in [2.05, 4.69) is 10.6 Å². The lowest BCUT2D eigenvalue weighted by Gasteiger charge is -2.32. The summed E-state index contributed by atoms with van der Waals surface area (Å²) < 4.78 is 5.25. The Labute approximate surface area is 111 Å². The van der Waals surface area contributed by atoms with Crippen molar-refractivity contribution >= 4 is 17.9 Å². The molecule has 1 heterocycles. The van der Waals surface area contributed by atoms with Crippen LogP contribution in [0.3, 0.4) is 0 Å². The number of piperazine rings is 1. The summed E-state index contributed by atoms with van der Waals surface area (Å²) in [5.41, 5.74) is 0. The average molecular weight is 273 g/mol. The summed E-state index contributed by atoms with van der Waals surface area (Å²) in [7, 11) is 0. The minimum absolute atomic E-state index is 0.0597. The molecule has 1 atom stereocenters. The Morgan fingerprint density at radius 2 is 2.26 bits per heavy atom. The van der Waals surface area contributed by atoms with E-state index in [0.717, 1.165) is 4.90 Å². The lowest BCUT2D eigenvalue weighted by molar-refractivity contribution is -0.144. The first-order valence-electron chi connectivity index (χ1n) is 6.07. The standard InChI is InChI=1S/C11H19N3O5/c1-7(2)19-4-3-12-11(18)14-6-9(15)13-5-8(14)10(16)17/h7-8H,3-6H2,1-2H3,(H,12,18)(H,13,15)(H,16,17). The highest BCUT2D eigenvalue weighted by molar-refractivity contribution is 5.90. The largest absolute Gasteiger partial charge is 0.480 e. The minimum atomic E-state index is -1.14. The third-order valence-electron chi connectivity index (χ3n) is 2.56. The van der Waals surface area contributed by atoms with Crippen molar-refractivity contribution in [2.75, 3.05) is 26.2 Å². The third kappa shape index (κ3) is 4.74. The molecule has 0 bridgehead atoms. The van der Waals surface area contributed by atoms with Crippen LogP contribution in [0.4, 0.5) is 4.79 Å². The molecule has 108 valence electrons. The Kier molecular flexibility index (Phi) is 5.56. The van der Waals surface area contributed by atoms with Gasteiger partial charge in [0.25, 0.3) is 0 Å². The smallest absolute Gasteiger partial charge is 0.328 e. The lowest BCUT2D eigenvalue weighted by atomic mass is 10.2. The van der Waals surface area contributed by atoms with E-state index in [0.29, 0.717) is 6.61 Å².